The number of aromatic nitrogens is 2. The second-order valence-electron chi connectivity index (χ2n) is 3.45. The third kappa shape index (κ3) is 2.05. The number of rotatable bonds is 3. The zero-order valence-corrected chi connectivity index (χ0v) is 9.41. The van der Waals surface area contributed by atoms with E-state index in [0.29, 0.717) is 11.3 Å². The minimum atomic E-state index is -0.517. The average molecular weight is 247 g/mol. The lowest BCUT2D eigenvalue weighted by atomic mass is 10.1. The number of nitrogens with zero attached hydrogens (tertiary/aromatic N) is 2. The van der Waals surface area contributed by atoms with Gasteiger partial charge in [-0.2, -0.15) is 5.10 Å². The zero-order chi connectivity index (χ0) is 13.1. The summed E-state index contributed by atoms with van der Waals surface area (Å²) in [6, 6.07) is 5.80. The van der Waals surface area contributed by atoms with E-state index in [0.717, 1.165) is 0 Å². The van der Waals surface area contributed by atoms with Crippen LogP contribution in [0.5, 0.6) is 0 Å². The fourth-order valence-electron chi connectivity index (χ4n) is 1.52. The minimum Gasteiger partial charge on any atom is -0.465 e. The van der Waals surface area contributed by atoms with Gasteiger partial charge in [0.05, 0.1) is 23.9 Å². The number of ether oxygens (including phenoxy) is 1. The van der Waals surface area contributed by atoms with Crippen molar-refractivity contribution >= 4 is 11.7 Å². The van der Waals surface area contributed by atoms with Crippen molar-refractivity contribution in [1.82, 2.24) is 10.2 Å². The van der Waals surface area contributed by atoms with Gasteiger partial charge < -0.3 is 4.74 Å². The van der Waals surface area contributed by atoms with Crippen LogP contribution in [0.15, 0.2) is 30.5 Å². The summed E-state index contributed by atoms with van der Waals surface area (Å²) >= 11 is 0. The topological polar surface area (TPSA) is 98.1 Å². The molecule has 0 bridgehead atoms. The molecule has 1 aromatic carbocycles. The highest BCUT2D eigenvalue weighted by molar-refractivity contribution is 5.95. The van der Waals surface area contributed by atoms with E-state index < -0.39 is 10.9 Å². The molecule has 18 heavy (non-hydrogen) atoms. The number of hydrogen-bond donors (Lipinski definition) is 1. The predicted octanol–water partition coefficient (Wildman–Crippen LogP) is 1.77. The third-order valence-electron chi connectivity index (χ3n) is 2.41. The van der Waals surface area contributed by atoms with E-state index in [2.05, 4.69) is 14.9 Å². The Morgan fingerprint density at radius 2 is 2.06 bits per heavy atom. The molecule has 0 amide bonds. The first-order valence-electron chi connectivity index (χ1n) is 5.00. The summed E-state index contributed by atoms with van der Waals surface area (Å²) in [5.41, 5.74) is 1.36. The van der Waals surface area contributed by atoms with Gasteiger partial charge in [-0.1, -0.05) is 0 Å². The minimum absolute atomic E-state index is 0.0158. The Kier molecular flexibility index (Phi) is 3.05. The zero-order valence-electron chi connectivity index (χ0n) is 9.41. The van der Waals surface area contributed by atoms with Crippen molar-refractivity contribution in [1.29, 1.82) is 0 Å². The molecule has 0 aliphatic heterocycles. The van der Waals surface area contributed by atoms with E-state index >= 15 is 0 Å². The summed E-state index contributed by atoms with van der Waals surface area (Å²) in [6.45, 7) is 0. The van der Waals surface area contributed by atoms with Gasteiger partial charge in [-0.3, -0.25) is 15.2 Å². The lowest BCUT2D eigenvalue weighted by Gasteiger charge is -2.01. The second-order valence-corrected chi connectivity index (χ2v) is 3.45. The molecule has 7 heteroatoms. The molecule has 7 nitrogen and oxygen atoms in total. The Bertz CT molecular complexity index is 589. The Balaban J connectivity index is 2.40. The number of methoxy groups -OCH3 is 1. The highest BCUT2D eigenvalue weighted by atomic mass is 16.6. The number of aromatic amines is 1. The summed E-state index contributed by atoms with van der Waals surface area (Å²) in [5.74, 6) is -0.517. The summed E-state index contributed by atoms with van der Waals surface area (Å²) in [4.78, 5) is 21.5. The van der Waals surface area contributed by atoms with E-state index in [-0.39, 0.29) is 11.3 Å². The lowest BCUT2D eigenvalue weighted by Crippen LogP contribution is -2.01. The van der Waals surface area contributed by atoms with Gasteiger partial charge in [0.2, 0.25) is 0 Å². The summed E-state index contributed by atoms with van der Waals surface area (Å²) in [6.07, 6.45) is 1.35. The molecule has 0 aliphatic carbocycles. The molecular weight excluding hydrogens is 238 g/mol. The average Bonchev–Trinajstić information content (AvgIpc) is 2.87. The van der Waals surface area contributed by atoms with Gasteiger partial charge in [0.15, 0.2) is 0 Å². The second kappa shape index (κ2) is 4.66. The SMILES string of the molecule is COC(=O)c1cn[nH]c1-c1ccc([N+](=O)[O-])cc1. The molecule has 2 aromatic rings. The largest absolute Gasteiger partial charge is 0.465 e. The van der Waals surface area contributed by atoms with Crippen LogP contribution >= 0.6 is 0 Å². The Labute approximate surface area is 102 Å². The van der Waals surface area contributed by atoms with Crippen LogP contribution in [0.4, 0.5) is 5.69 Å². The summed E-state index contributed by atoms with van der Waals surface area (Å²) in [7, 11) is 1.27. The van der Waals surface area contributed by atoms with Crippen LogP contribution in [-0.2, 0) is 4.74 Å². The summed E-state index contributed by atoms with van der Waals surface area (Å²) < 4.78 is 4.61. The number of nitrogens with one attached hydrogen (secondary N) is 1. The quantitative estimate of drug-likeness (QED) is 0.506. The molecule has 0 saturated carbocycles. The molecular formula is C11H9N3O4. The predicted molar refractivity (Wildman–Crippen MR) is 62.0 cm³/mol. The first-order valence-corrected chi connectivity index (χ1v) is 5.00. The van der Waals surface area contributed by atoms with Crippen LogP contribution in [-0.4, -0.2) is 28.2 Å². The Morgan fingerprint density at radius 3 is 2.61 bits per heavy atom. The normalized spacial score (nSPS) is 10.1. The number of H-pyrrole nitrogens is 1. The smallest absolute Gasteiger partial charge is 0.341 e. The van der Waals surface area contributed by atoms with Crippen molar-refractivity contribution in [3.63, 3.8) is 0 Å². The number of carbonyl (C=O) groups excluding carboxylic acids is 1. The van der Waals surface area contributed by atoms with E-state index in [1.807, 2.05) is 0 Å². The van der Waals surface area contributed by atoms with E-state index in [1.54, 1.807) is 0 Å². The molecule has 1 N–H and O–H groups in total. The Hall–Kier alpha value is -2.70. The highest BCUT2D eigenvalue weighted by Crippen LogP contribution is 2.23. The van der Waals surface area contributed by atoms with Crippen LogP contribution in [0.25, 0.3) is 11.3 Å². The highest BCUT2D eigenvalue weighted by Gasteiger charge is 2.16. The number of benzene rings is 1. The van der Waals surface area contributed by atoms with Gasteiger partial charge in [-0.05, 0) is 12.1 Å². The van der Waals surface area contributed by atoms with Crippen molar-refractivity contribution in [3.05, 3.63) is 46.1 Å². The summed E-state index contributed by atoms with van der Waals surface area (Å²) in [5, 5.41) is 17.0. The first-order chi connectivity index (χ1) is 8.63. The van der Waals surface area contributed by atoms with Crippen molar-refractivity contribution in [2.24, 2.45) is 0 Å². The molecule has 0 spiro atoms. The van der Waals surface area contributed by atoms with Gasteiger partial charge in [0.25, 0.3) is 5.69 Å². The number of nitro groups is 1. The maximum atomic E-state index is 11.5. The van der Waals surface area contributed by atoms with E-state index in [9.17, 15) is 14.9 Å². The molecule has 0 unspecified atom stereocenters. The maximum Gasteiger partial charge on any atom is 0.341 e. The monoisotopic (exact) mass is 247 g/mol. The molecule has 0 radical (unpaired) electrons. The van der Waals surface area contributed by atoms with E-state index in [4.69, 9.17) is 0 Å². The molecule has 92 valence electrons. The van der Waals surface area contributed by atoms with Gasteiger partial charge in [-0.15, -0.1) is 0 Å². The van der Waals surface area contributed by atoms with Crippen molar-refractivity contribution < 1.29 is 14.5 Å². The standard InChI is InChI=1S/C11H9N3O4/c1-18-11(15)9-6-12-13-10(9)7-2-4-8(5-3-7)14(16)17/h2-6H,1H3,(H,12,13). The van der Waals surface area contributed by atoms with Crippen molar-refractivity contribution in [2.75, 3.05) is 7.11 Å². The molecule has 1 heterocycles. The van der Waals surface area contributed by atoms with Crippen molar-refractivity contribution in [3.8, 4) is 11.3 Å². The number of carbonyl (C=O) groups is 1. The van der Waals surface area contributed by atoms with Gasteiger partial charge in [0, 0.05) is 17.7 Å². The van der Waals surface area contributed by atoms with Crippen LogP contribution in [0.2, 0.25) is 0 Å². The molecule has 2 rings (SSSR count). The molecule has 0 fully saturated rings. The number of non-ortho nitro benzene ring substituents is 1. The molecule has 0 aliphatic rings. The lowest BCUT2D eigenvalue weighted by molar-refractivity contribution is -0.384. The molecule has 0 atom stereocenters. The van der Waals surface area contributed by atoms with Gasteiger partial charge in [-0.25, -0.2) is 4.79 Å². The van der Waals surface area contributed by atoms with Crippen LogP contribution in [0, 0.1) is 10.1 Å². The van der Waals surface area contributed by atoms with Gasteiger partial charge in [0.1, 0.15) is 5.56 Å². The van der Waals surface area contributed by atoms with Crippen LogP contribution in [0.1, 0.15) is 10.4 Å². The number of hydrogen-bond acceptors (Lipinski definition) is 5. The number of esters is 1. The maximum absolute atomic E-state index is 11.5. The van der Waals surface area contributed by atoms with Crippen LogP contribution in [0.3, 0.4) is 0 Å². The van der Waals surface area contributed by atoms with Gasteiger partial charge >= 0.3 is 5.97 Å². The molecule has 1 aromatic heterocycles. The van der Waals surface area contributed by atoms with E-state index in [1.165, 1.54) is 37.6 Å². The third-order valence-corrected chi connectivity index (χ3v) is 2.41. The van der Waals surface area contributed by atoms with Crippen LogP contribution < -0.4 is 0 Å². The van der Waals surface area contributed by atoms with Crippen molar-refractivity contribution in [2.45, 2.75) is 0 Å². The number of nitro benzene ring substituents is 1. The fraction of sp³-hybridized carbons (Fsp3) is 0.0909. The molecule has 0 saturated heterocycles. The fourth-order valence-corrected chi connectivity index (χ4v) is 1.52. The first kappa shape index (κ1) is 11.8. The Morgan fingerprint density at radius 1 is 1.39 bits per heavy atom.